The van der Waals surface area contributed by atoms with E-state index in [0.717, 1.165) is 38.5 Å². The molecule has 3 atom stereocenters. The molecule has 0 saturated carbocycles. The summed E-state index contributed by atoms with van der Waals surface area (Å²) in [7, 11) is 0. The second-order valence-corrected chi connectivity index (χ2v) is 9.34. The summed E-state index contributed by atoms with van der Waals surface area (Å²) in [6.07, 6.45) is 7.90. The Kier molecular flexibility index (Phi) is 13.9. The third-order valence-corrected chi connectivity index (χ3v) is 6.01. The minimum absolute atomic E-state index is 0.0528. The van der Waals surface area contributed by atoms with Crippen LogP contribution in [0.2, 0.25) is 0 Å². The number of aldehydes is 1. The van der Waals surface area contributed by atoms with Crippen molar-refractivity contribution < 1.29 is 33.4 Å². The Labute approximate surface area is 209 Å². The van der Waals surface area contributed by atoms with Crippen LogP contribution in [-0.2, 0) is 14.4 Å². The summed E-state index contributed by atoms with van der Waals surface area (Å²) in [5.41, 5.74) is -0.0732. The standard InChI is InChI=1S/C28H42O7/c1-7-10-13-19(4)26(30)33-22-16-24(34-27(31)20(5)14-11-8-2)23(18-29)25(17-22)35-28(32)21(6)15-12-9-3/h16-21H,7-15H2,1-6H3. The molecule has 0 saturated heterocycles. The zero-order valence-electron chi connectivity index (χ0n) is 22.2. The van der Waals surface area contributed by atoms with Gasteiger partial charge in [-0.2, -0.15) is 0 Å². The first-order valence-electron chi connectivity index (χ1n) is 13.0. The Morgan fingerprint density at radius 1 is 0.686 bits per heavy atom. The fourth-order valence-corrected chi connectivity index (χ4v) is 3.44. The summed E-state index contributed by atoms with van der Waals surface area (Å²) in [4.78, 5) is 49.9. The molecule has 0 aliphatic rings. The average Bonchev–Trinajstić information content (AvgIpc) is 2.83. The predicted molar refractivity (Wildman–Crippen MR) is 135 cm³/mol. The van der Waals surface area contributed by atoms with Gasteiger partial charge in [-0.05, 0) is 19.3 Å². The third-order valence-electron chi connectivity index (χ3n) is 6.01. The number of carbonyl (C=O) groups excluding carboxylic acids is 4. The van der Waals surface area contributed by atoms with Gasteiger partial charge in [0.2, 0.25) is 0 Å². The van der Waals surface area contributed by atoms with Gasteiger partial charge in [0, 0.05) is 12.1 Å². The molecular formula is C28H42O7. The van der Waals surface area contributed by atoms with Crippen molar-refractivity contribution in [3.8, 4) is 17.2 Å². The summed E-state index contributed by atoms with van der Waals surface area (Å²) in [5.74, 6) is -2.68. The molecule has 0 N–H and O–H groups in total. The number of ether oxygens (including phenoxy) is 3. The summed E-state index contributed by atoms with van der Waals surface area (Å²) < 4.78 is 16.6. The van der Waals surface area contributed by atoms with E-state index in [1.165, 1.54) is 12.1 Å². The normalized spacial score (nSPS) is 13.4. The molecule has 35 heavy (non-hydrogen) atoms. The van der Waals surface area contributed by atoms with Gasteiger partial charge in [-0.15, -0.1) is 0 Å². The number of benzene rings is 1. The molecule has 1 rings (SSSR count). The maximum atomic E-state index is 12.7. The van der Waals surface area contributed by atoms with Crippen LogP contribution in [-0.4, -0.2) is 24.2 Å². The molecule has 1 aromatic rings. The Bertz CT molecular complexity index is 797. The van der Waals surface area contributed by atoms with Crippen molar-refractivity contribution in [1.29, 1.82) is 0 Å². The van der Waals surface area contributed by atoms with Crippen LogP contribution in [0.4, 0.5) is 0 Å². The van der Waals surface area contributed by atoms with Crippen molar-refractivity contribution in [3.05, 3.63) is 17.7 Å². The van der Waals surface area contributed by atoms with Crippen molar-refractivity contribution in [1.82, 2.24) is 0 Å². The Balaban J connectivity index is 3.29. The van der Waals surface area contributed by atoms with Crippen LogP contribution in [0.5, 0.6) is 17.2 Å². The first-order chi connectivity index (χ1) is 16.7. The lowest BCUT2D eigenvalue weighted by Gasteiger charge is -2.18. The molecule has 0 fully saturated rings. The SMILES string of the molecule is CCCCC(C)C(=O)Oc1cc(OC(=O)C(C)CCCC)c(C=O)c(OC(=O)C(C)CCCC)c1. The number of esters is 3. The molecule has 196 valence electrons. The van der Waals surface area contributed by atoms with Gasteiger partial charge in [0.05, 0.1) is 17.8 Å². The topological polar surface area (TPSA) is 96.0 Å². The fourth-order valence-electron chi connectivity index (χ4n) is 3.44. The van der Waals surface area contributed by atoms with Crippen molar-refractivity contribution in [2.45, 2.75) is 99.3 Å². The molecule has 0 spiro atoms. The minimum atomic E-state index is -0.505. The molecule has 0 aliphatic heterocycles. The zero-order valence-corrected chi connectivity index (χ0v) is 22.2. The van der Waals surface area contributed by atoms with Crippen molar-refractivity contribution in [3.63, 3.8) is 0 Å². The van der Waals surface area contributed by atoms with Gasteiger partial charge in [-0.1, -0.05) is 80.1 Å². The highest BCUT2D eigenvalue weighted by molar-refractivity contribution is 5.89. The van der Waals surface area contributed by atoms with Gasteiger partial charge in [-0.3, -0.25) is 19.2 Å². The van der Waals surface area contributed by atoms with Crippen LogP contribution in [0.1, 0.15) is 110 Å². The Morgan fingerprint density at radius 2 is 1.03 bits per heavy atom. The number of hydrogen-bond acceptors (Lipinski definition) is 7. The monoisotopic (exact) mass is 490 g/mol. The van der Waals surface area contributed by atoms with E-state index in [0.29, 0.717) is 25.5 Å². The third kappa shape index (κ3) is 10.2. The van der Waals surface area contributed by atoms with Crippen LogP contribution in [0.15, 0.2) is 12.1 Å². The molecular weight excluding hydrogens is 448 g/mol. The van der Waals surface area contributed by atoms with E-state index >= 15 is 0 Å². The van der Waals surface area contributed by atoms with E-state index in [2.05, 4.69) is 0 Å². The van der Waals surface area contributed by atoms with E-state index in [9.17, 15) is 19.2 Å². The highest BCUT2D eigenvalue weighted by atomic mass is 16.6. The molecule has 3 unspecified atom stereocenters. The largest absolute Gasteiger partial charge is 0.426 e. The predicted octanol–water partition coefficient (Wildman–Crippen LogP) is 6.69. The van der Waals surface area contributed by atoms with Gasteiger partial charge in [0.15, 0.2) is 6.29 Å². The van der Waals surface area contributed by atoms with Crippen molar-refractivity contribution in [2.75, 3.05) is 0 Å². The number of unbranched alkanes of at least 4 members (excludes halogenated alkanes) is 3. The van der Waals surface area contributed by atoms with Gasteiger partial charge >= 0.3 is 17.9 Å². The molecule has 7 heteroatoms. The fraction of sp³-hybridized carbons (Fsp3) is 0.643. The minimum Gasteiger partial charge on any atom is -0.426 e. The first-order valence-corrected chi connectivity index (χ1v) is 13.0. The van der Waals surface area contributed by atoms with E-state index in [-0.39, 0.29) is 40.6 Å². The molecule has 0 bridgehead atoms. The summed E-state index contributed by atoms with van der Waals surface area (Å²) >= 11 is 0. The second-order valence-electron chi connectivity index (χ2n) is 9.34. The summed E-state index contributed by atoms with van der Waals surface area (Å²) in [6, 6.07) is 2.66. The molecule has 0 aliphatic carbocycles. The van der Waals surface area contributed by atoms with E-state index < -0.39 is 17.9 Å². The van der Waals surface area contributed by atoms with Crippen molar-refractivity contribution in [2.24, 2.45) is 17.8 Å². The second kappa shape index (κ2) is 16.1. The molecule has 1 aromatic carbocycles. The van der Waals surface area contributed by atoms with Crippen LogP contribution < -0.4 is 14.2 Å². The van der Waals surface area contributed by atoms with E-state index in [4.69, 9.17) is 14.2 Å². The lowest BCUT2D eigenvalue weighted by molar-refractivity contribution is -0.139. The molecule has 0 aromatic heterocycles. The van der Waals surface area contributed by atoms with Gasteiger partial charge in [-0.25, -0.2) is 0 Å². The van der Waals surface area contributed by atoms with Crippen LogP contribution >= 0.6 is 0 Å². The van der Waals surface area contributed by atoms with Crippen LogP contribution in [0, 0.1) is 17.8 Å². The highest BCUT2D eigenvalue weighted by Crippen LogP contribution is 2.35. The summed E-state index contributed by atoms with van der Waals surface area (Å²) in [5, 5.41) is 0. The maximum Gasteiger partial charge on any atom is 0.314 e. The lowest BCUT2D eigenvalue weighted by Crippen LogP contribution is -2.21. The lowest BCUT2D eigenvalue weighted by atomic mass is 10.0. The molecule has 0 amide bonds. The highest BCUT2D eigenvalue weighted by Gasteiger charge is 2.24. The summed E-state index contributed by atoms with van der Waals surface area (Å²) in [6.45, 7) is 11.4. The molecule has 0 heterocycles. The number of hydrogen-bond donors (Lipinski definition) is 0. The first kappa shape index (κ1) is 30.3. The number of rotatable bonds is 16. The van der Waals surface area contributed by atoms with Crippen LogP contribution in [0.25, 0.3) is 0 Å². The molecule has 0 radical (unpaired) electrons. The van der Waals surface area contributed by atoms with E-state index in [1.807, 2.05) is 20.8 Å². The average molecular weight is 491 g/mol. The van der Waals surface area contributed by atoms with Crippen LogP contribution in [0.3, 0.4) is 0 Å². The smallest absolute Gasteiger partial charge is 0.314 e. The van der Waals surface area contributed by atoms with Gasteiger partial charge in [0.25, 0.3) is 0 Å². The van der Waals surface area contributed by atoms with Gasteiger partial charge in [0.1, 0.15) is 22.8 Å². The Morgan fingerprint density at radius 3 is 1.34 bits per heavy atom. The maximum absolute atomic E-state index is 12.7. The van der Waals surface area contributed by atoms with Gasteiger partial charge < -0.3 is 14.2 Å². The quantitative estimate of drug-likeness (QED) is 0.145. The Hall–Kier alpha value is -2.70. The zero-order chi connectivity index (χ0) is 26.4. The molecule has 7 nitrogen and oxygen atoms in total. The van der Waals surface area contributed by atoms with Crippen molar-refractivity contribution >= 4 is 24.2 Å². The number of carbonyl (C=O) groups is 4. The van der Waals surface area contributed by atoms with E-state index in [1.54, 1.807) is 20.8 Å².